The molecule has 1 saturated heterocycles. The van der Waals surface area contributed by atoms with Crippen LogP contribution in [0.3, 0.4) is 0 Å². The molecule has 136 valence electrons. The van der Waals surface area contributed by atoms with Crippen LogP contribution in [-0.2, 0) is 14.3 Å². The zero-order valence-electron chi connectivity index (χ0n) is 14.7. The third-order valence-corrected chi connectivity index (χ3v) is 4.97. The van der Waals surface area contributed by atoms with Gasteiger partial charge in [0.05, 0.1) is 19.8 Å². The molecule has 25 heavy (non-hydrogen) atoms. The van der Waals surface area contributed by atoms with Gasteiger partial charge in [-0.3, -0.25) is 9.59 Å². The number of hydrogen-bond acceptors (Lipinski definition) is 4. The molecule has 1 heterocycles. The van der Waals surface area contributed by atoms with Gasteiger partial charge in [0.1, 0.15) is 12.4 Å². The van der Waals surface area contributed by atoms with E-state index in [0.29, 0.717) is 18.8 Å². The standard InChI is InChI=1S/C19H26N2O4/c1-24-16-9-5-8-15(10-16)21-12-17(25-13-18(21)22)11-20-19(23)14-6-3-2-4-7-14/h5,8-10,14,17H,2-4,6-7,11-13H2,1H3,(H,20,23). The minimum Gasteiger partial charge on any atom is -0.497 e. The van der Waals surface area contributed by atoms with E-state index < -0.39 is 0 Å². The molecule has 1 atom stereocenters. The van der Waals surface area contributed by atoms with E-state index in [0.717, 1.165) is 31.4 Å². The first kappa shape index (κ1) is 17.7. The van der Waals surface area contributed by atoms with E-state index in [4.69, 9.17) is 9.47 Å². The summed E-state index contributed by atoms with van der Waals surface area (Å²) in [5.74, 6) is 0.878. The first-order valence-electron chi connectivity index (χ1n) is 9.01. The number of benzene rings is 1. The van der Waals surface area contributed by atoms with Crippen LogP contribution in [0.5, 0.6) is 5.75 Å². The van der Waals surface area contributed by atoms with E-state index >= 15 is 0 Å². The molecular formula is C19H26N2O4. The van der Waals surface area contributed by atoms with Gasteiger partial charge in [0, 0.05) is 24.2 Å². The molecule has 1 saturated carbocycles. The van der Waals surface area contributed by atoms with Gasteiger partial charge in [-0.1, -0.05) is 25.3 Å². The molecular weight excluding hydrogens is 320 g/mol. The van der Waals surface area contributed by atoms with Crippen molar-refractivity contribution in [2.75, 3.05) is 31.7 Å². The van der Waals surface area contributed by atoms with Crippen molar-refractivity contribution >= 4 is 17.5 Å². The number of nitrogens with one attached hydrogen (secondary N) is 1. The molecule has 1 aliphatic heterocycles. The first-order chi connectivity index (χ1) is 12.2. The van der Waals surface area contributed by atoms with E-state index in [9.17, 15) is 9.59 Å². The van der Waals surface area contributed by atoms with Gasteiger partial charge in [0.2, 0.25) is 5.91 Å². The highest BCUT2D eigenvalue weighted by Gasteiger charge is 2.29. The number of carbonyl (C=O) groups is 2. The van der Waals surface area contributed by atoms with Crippen molar-refractivity contribution in [3.05, 3.63) is 24.3 Å². The van der Waals surface area contributed by atoms with Crippen molar-refractivity contribution in [2.24, 2.45) is 5.92 Å². The summed E-state index contributed by atoms with van der Waals surface area (Å²) in [6, 6.07) is 7.41. The van der Waals surface area contributed by atoms with Gasteiger partial charge in [-0.25, -0.2) is 0 Å². The van der Waals surface area contributed by atoms with Crippen LogP contribution in [0.25, 0.3) is 0 Å². The molecule has 1 N–H and O–H groups in total. The third-order valence-electron chi connectivity index (χ3n) is 4.97. The highest BCUT2D eigenvalue weighted by atomic mass is 16.5. The summed E-state index contributed by atoms with van der Waals surface area (Å²) >= 11 is 0. The highest BCUT2D eigenvalue weighted by molar-refractivity contribution is 5.95. The Bertz CT molecular complexity index is 613. The molecule has 1 aliphatic carbocycles. The van der Waals surface area contributed by atoms with Gasteiger partial charge >= 0.3 is 0 Å². The molecule has 6 heteroatoms. The second-order valence-corrected chi connectivity index (χ2v) is 6.72. The summed E-state index contributed by atoms with van der Waals surface area (Å²) in [6.07, 6.45) is 5.26. The molecule has 6 nitrogen and oxygen atoms in total. The second kappa shape index (κ2) is 8.34. The zero-order valence-corrected chi connectivity index (χ0v) is 14.7. The lowest BCUT2D eigenvalue weighted by molar-refractivity contribution is -0.130. The normalized spacial score (nSPS) is 21.9. The Morgan fingerprint density at radius 1 is 1.32 bits per heavy atom. The molecule has 1 aromatic carbocycles. The number of morpholine rings is 1. The minimum absolute atomic E-state index is 0.0289. The van der Waals surface area contributed by atoms with Gasteiger partial charge in [0.25, 0.3) is 5.91 Å². The number of hydrogen-bond donors (Lipinski definition) is 1. The summed E-state index contributed by atoms with van der Waals surface area (Å²) in [5, 5.41) is 3.00. The quantitative estimate of drug-likeness (QED) is 0.887. The summed E-state index contributed by atoms with van der Waals surface area (Å²) in [5.41, 5.74) is 0.788. The topological polar surface area (TPSA) is 67.9 Å². The maximum Gasteiger partial charge on any atom is 0.253 e. The molecule has 0 radical (unpaired) electrons. The first-order valence-corrected chi connectivity index (χ1v) is 9.01. The second-order valence-electron chi connectivity index (χ2n) is 6.72. The van der Waals surface area contributed by atoms with E-state index in [2.05, 4.69) is 5.32 Å². The van der Waals surface area contributed by atoms with Crippen molar-refractivity contribution in [1.29, 1.82) is 0 Å². The van der Waals surface area contributed by atoms with Crippen LogP contribution < -0.4 is 15.0 Å². The Morgan fingerprint density at radius 2 is 2.12 bits per heavy atom. The van der Waals surface area contributed by atoms with E-state index in [-0.39, 0.29) is 30.4 Å². The van der Waals surface area contributed by atoms with Gasteiger partial charge in [0.15, 0.2) is 0 Å². The lowest BCUT2D eigenvalue weighted by Gasteiger charge is -2.33. The van der Waals surface area contributed by atoms with Crippen LogP contribution in [0.4, 0.5) is 5.69 Å². The van der Waals surface area contributed by atoms with Crippen molar-refractivity contribution in [3.63, 3.8) is 0 Å². The van der Waals surface area contributed by atoms with E-state index in [1.807, 2.05) is 24.3 Å². The van der Waals surface area contributed by atoms with E-state index in [1.165, 1.54) is 6.42 Å². The Hall–Kier alpha value is -2.08. The van der Waals surface area contributed by atoms with Gasteiger partial charge in [-0.2, -0.15) is 0 Å². The fraction of sp³-hybridized carbons (Fsp3) is 0.579. The van der Waals surface area contributed by atoms with Crippen molar-refractivity contribution < 1.29 is 19.1 Å². The number of amides is 2. The van der Waals surface area contributed by atoms with Gasteiger partial charge < -0.3 is 19.7 Å². The van der Waals surface area contributed by atoms with Crippen LogP contribution in [0, 0.1) is 5.92 Å². The summed E-state index contributed by atoms with van der Waals surface area (Å²) in [6.45, 7) is 0.890. The SMILES string of the molecule is COc1cccc(N2CC(CNC(=O)C3CCCCC3)OCC2=O)c1. The molecule has 2 aliphatic rings. The predicted molar refractivity (Wildman–Crippen MR) is 94.7 cm³/mol. The zero-order chi connectivity index (χ0) is 17.6. The number of carbonyl (C=O) groups excluding carboxylic acids is 2. The Kier molecular flexibility index (Phi) is 5.91. The van der Waals surface area contributed by atoms with Crippen LogP contribution >= 0.6 is 0 Å². The average Bonchev–Trinajstić information content (AvgIpc) is 2.67. The molecule has 0 aromatic heterocycles. The van der Waals surface area contributed by atoms with Crippen LogP contribution in [0.1, 0.15) is 32.1 Å². The molecule has 2 fully saturated rings. The number of rotatable bonds is 5. The van der Waals surface area contributed by atoms with Gasteiger partial charge in [-0.05, 0) is 25.0 Å². The summed E-state index contributed by atoms with van der Waals surface area (Å²) in [7, 11) is 1.60. The number of methoxy groups -OCH3 is 1. The smallest absolute Gasteiger partial charge is 0.253 e. The molecule has 0 bridgehead atoms. The summed E-state index contributed by atoms with van der Waals surface area (Å²) in [4.78, 5) is 26.2. The Morgan fingerprint density at radius 3 is 2.88 bits per heavy atom. The maximum atomic E-state index is 12.3. The molecule has 1 unspecified atom stereocenters. The molecule has 2 amide bonds. The lowest BCUT2D eigenvalue weighted by Crippen LogP contribution is -2.51. The fourth-order valence-electron chi connectivity index (χ4n) is 3.50. The fourth-order valence-corrected chi connectivity index (χ4v) is 3.50. The monoisotopic (exact) mass is 346 g/mol. The Labute approximate surface area is 148 Å². The van der Waals surface area contributed by atoms with E-state index in [1.54, 1.807) is 12.0 Å². The Balaban J connectivity index is 1.56. The molecule has 1 aromatic rings. The van der Waals surface area contributed by atoms with Crippen molar-refractivity contribution in [3.8, 4) is 5.75 Å². The molecule has 3 rings (SSSR count). The maximum absolute atomic E-state index is 12.3. The average molecular weight is 346 g/mol. The third kappa shape index (κ3) is 4.51. The predicted octanol–water partition coefficient (Wildman–Crippen LogP) is 2.12. The minimum atomic E-state index is -0.198. The van der Waals surface area contributed by atoms with Crippen molar-refractivity contribution in [2.45, 2.75) is 38.2 Å². The largest absolute Gasteiger partial charge is 0.497 e. The van der Waals surface area contributed by atoms with Crippen LogP contribution in [0.2, 0.25) is 0 Å². The summed E-state index contributed by atoms with van der Waals surface area (Å²) < 4.78 is 10.8. The van der Waals surface area contributed by atoms with Gasteiger partial charge in [-0.15, -0.1) is 0 Å². The number of ether oxygens (including phenoxy) is 2. The number of nitrogens with zero attached hydrogens (tertiary/aromatic N) is 1. The van der Waals surface area contributed by atoms with Crippen molar-refractivity contribution in [1.82, 2.24) is 5.32 Å². The highest BCUT2D eigenvalue weighted by Crippen LogP contribution is 2.25. The van der Waals surface area contributed by atoms with Crippen LogP contribution in [-0.4, -0.2) is 44.7 Å². The lowest BCUT2D eigenvalue weighted by atomic mass is 9.88. The number of anilines is 1. The van der Waals surface area contributed by atoms with Crippen LogP contribution in [0.15, 0.2) is 24.3 Å². The molecule has 0 spiro atoms.